The van der Waals surface area contributed by atoms with E-state index < -0.39 is 0 Å². The number of carbonyl (C=O) groups is 2. The van der Waals surface area contributed by atoms with E-state index in [1.807, 2.05) is 87.5 Å². The molecule has 2 aromatic carbocycles. The van der Waals surface area contributed by atoms with Crippen LogP contribution in [0.25, 0.3) is 12.2 Å². The van der Waals surface area contributed by atoms with E-state index in [1.54, 1.807) is 43.0 Å². The van der Waals surface area contributed by atoms with Crippen LogP contribution in [0.1, 0.15) is 114 Å². The second-order valence-corrected chi connectivity index (χ2v) is 17.0. The van der Waals surface area contributed by atoms with Gasteiger partial charge in [-0.05, 0) is 149 Å². The fourth-order valence-corrected chi connectivity index (χ4v) is 8.06. The summed E-state index contributed by atoms with van der Waals surface area (Å²) in [5, 5.41) is 0.411. The average molecular weight is 876 g/mol. The molecule has 2 saturated carbocycles. The summed E-state index contributed by atoms with van der Waals surface area (Å²) in [5.41, 5.74) is 8.62. The lowest BCUT2D eigenvalue weighted by Gasteiger charge is -2.23. The van der Waals surface area contributed by atoms with Gasteiger partial charge in [0.05, 0.1) is 6.61 Å². The van der Waals surface area contributed by atoms with Crippen molar-refractivity contribution in [3.8, 4) is 29.1 Å². The van der Waals surface area contributed by atoms with Crippen LogP contribution in [0.15, 0.2) is 133 Å². The van der Waals surface area contributed by atoms with Gasteiger partial charge in [0.25, 0.3) is 0 Å². The number of hydrogen-bond acceptors (Lipinski definition) is 9. The smallest absolute Gasteiger partial charge is 0.219 e. The molecule has 10 heteroatoms. The summed E-state index contributed by atoms with van der Waals surface area (Å²) in [6.45, 7) is 6.49. The molecule has 4 aromatic heterocycles. The Bertz CT molecular complexity index is 2520. The van der Waals surface area contributed by atoms with Gasteiger partial charge in [0.15, 0.2) is 11.6 Å². The molecular weight excluding hydrogens is 820 g/mol. The zero-order valence-corrected chi connectivity index (χ0v) is 37.6. The number of hydrogen-bond donors (Lipinski definition) is 0. The third-order valence-electron chi connectivity index (χ3n) is 11.5. The Balaban J connectivity index is 0.000000192. The quantitative estimate of drug-likeness (QED) is 0.0779. The van der Waals surface area contributed by atoms with E-state index >= 15 is 0 Å². The topological polar surface area (TPSA) is 113 Å². The number of pyridine rings is 4. The van der Waals surface area contributed by atoms with Crippen LogP contribution in [0.5, 0.6) is 29.1 Å². The Morgan fingerprint density at radius 3 is 1.44 bits per heavy atom. The van der Waals surface area contributed by atoms with Gasteiger partial charge in [-0.2, -0.15) is 0 Å². The Morgan fingerprint density at radius 2 is 1.03 bits per heavy atom. The van der Waals surface area contributed by atoms with Crippen molar-refractivity contribution in [2.75, 3.05) is 6.61 Å². The lowest BCUT2D eigenvalue weighted by molar-refractivity contribution is 0.0945. The molecule has 9 nitrogen and oxygen atoms in total. The van der Waals surface area contributed by atoms with E-state index in [4.69, 9.17) is 25.8 Å². The first-order valence-corrected chi connectivity index (χ1v) is 22.6. The van der Waals surface area contributed by atoms with Crippen LogP contribution in [0.3, 0.4) is 0 Å². The van der Waals surface area contributed by atoms with Gasteiger partial charge in [-0.15, -0.1) is 0 Å². The molecule has 0 N–H and O–H groups in total. The van der Waals surface area contributed by atoms with E-state index in [1.165, 1.54) is 11.1 Å². The third-order valence-corrected chi connectivity index (χ3v) is 11.7. The first kappa shape index (κ1) is 45.6. The van der Waals surface area contributed by atoms with Crippen molar-refractivity contribution in [3.63, 3.8) is 0 Å². The van der Waals surface area contributed by atoms with Gasteiger partial charge in [-0.1, -0.05) is 71.3 Å². The number of halogens is 1. The zero-order valence-electron chi connectivity index (χ0n) is 36.8. The highest BCUT2D eigenvalue weighted by molar-refractivity contribution is 6.29. The molecule has 2 aliphatic rings. The lowest BCUT2D eigenvalue weighted by Crippen LogP contribution is -2.13. The molecule has 0 saturated heterocycles. The molecule has 4 heterocycles. The molecule has 0 bridgehead atoms. The molecule has 0 atom stereocenters. The number of ether oxygens (including phenoxy) is 3. The summed E-state index contributed by atoms with van der Waals surface area (Å²) >= 11 is 5.81. The monoisotopic (exact) mass is 874 g/mol. The highest BCUT2D eigenvalue weighted by atomic mass is 35.5. The minimum atomic E-state index is 0.149. The van der Waals surface area contributed by atoms with Crippen molar-refractivity contribution in [3.05, 3.63) is 172 Å². The predicted octanol–water partition coefficient (Wildman–Crippen LogP) is 13.9. The van der Waals surface area contributed by atoms with Crippen molar-refractivity contribution in [2.24, 2.45) is 11.8 Å². The number of rotatable bonds is 14. The van der Waals surface area contributed by atoms with Gasteiger partial charge in [0.1, 0.15) is 16.7 Å². The predicted molar refractivity (Wildman–Crippen MR) is 253 cm³/mol. The lowest BCUT2D eigenvalue weighted by atomic mass is 9.82. The summed E-state index contributed by atoms with van der Waals surface area (Å²) in [6.07, 6.45) is 20.6. The fraction of sp³-hybridized carbons (Fsp3) is 0.296. The van der Waals surface area contributed by atoms with Crippen LogP contribution in [0, 0.1) is 25.7 Å². The highest BCUT2D eigenvalue weighted by Gasteiger charge is 2.22. The molecule has 328 valence electrons. The van der Waals surface area contributed by atoms with Gasteiger partial charge >= 0.3 is 0 Å². The Hall–Kier alpha value is -6.45. The van der Waals surface area contributed by atoms with Crippen LogP contribution in [-0.2, 0) is 0 Å². The van der Waals surface area contributed by atoms with Gasteiger partial charge in [-0.3, -0.25) is 9.59 Å². The van der Waals surface area contributed by atoms with Gasteiger partial charge in [0.2, 0.25) is 17.6 Å². The molecule has 8 rings (SSSR count). The first-order valence-electron chi connectivity index (χ1n) is 22.2. The molecule has 64 heavy (non-hydrogen) atoms. The Labute approximate surface area is 381 Å². The van der Waals surface area contributed by atoms with E-state index in [0.717, 1.165) is 85.1 Å². The maximum absolute atomic E-state index is 12.6. The Morgan fingerprint density at radius 1 is 0.578 bits per heavy atom. The molecule has 0 spiro atoms. The average Bonchev–Trinajstić information content (AvgIpc) is 3.30. The van der Waals surface area contributed by atoms with Crippen molar-refractivity contribution in [1.29, 1.82) is 0 Å². The summed E-state index contributed by atoms with van der Waals surface area (Å²) in [7, 11) is 0. The zero-order chi connectivity index (χ0) is 44.7. The van der Waals surface area contributed by atoms with Crippen LogP contribution in [-0.4, -0.2) is 38.1 Å². The van der Waals surface area contributed by atoms with Crippen molar-refractivity contribution < 1.29 is 23.8 Å². The fourth-order valence-electron chi connectivity index (χ4n) is 7.95. The van der Waals surface area contributed by atoms with Crippen molar-refractivity contribution >= 4 is 35.3 Å². The molecule has 0 aliphatic heterocycles. The summed E-state index contributed by atoms with van der Waals surface area (Å²) in [6, 6.07) is 30.9. The molecule has 0 radical (unpaired) electrons. The van der Waals surface area contributed by atoms with E-state index in [0.29, 0.717) is 65.2 Å². The normalized spacial score (nSPS) is 15.9. The summed E-state index contributed by atoms with van der Waals surface area (Å²) in [4.78, 5) is 42.0. The SMILES string of the molecule is CCOc1ccc(C(=O)CC2CCC(=Cc3cccc(Oc4ccc(C)cn4)c3)CC2)cn1.Cc1ccc(Oc2cccc(C=C3CCC(CC(=O)c4ccc(Cl)nc4)CC3)c2)nc1. The minimum absolute atomic E-state index is 0.149. The summed E-state index contributed by atoms with van der Waals surface area (Å²) < 4.78 is 17.1. The van der Waals surface area contributed by atoms with Gasteiger partial charge in [-0.25, -0.2) is 19.9 Å². The standard InChI is InChI=1S/C28H30N2O3.C26H25ClN2O2/c1-3-32-27-14-12-24(19-30-27)26(31)17-22-10-8-21(9-11-22)15-23-5-4-6-25(16-23)33-28-13-7-20(2)18-29-28;1-18-5-12-26(29-16-18)31-23-4-2-3-21(14-23)13-19-6-8-20(9-7-19)15-24(30)22-10-11-25(27)28-17-22/h4-7,12-16,18-19,22H,3,8-11,17H2,1-2H3;2-5,10-14,16-17,20H,6-9,15H2,1H3. The van der Waals surface area contributed by atoms with Crippen molar-refractivity contribution in [2.45, 2.75) is 85.0 Å². The van der Waals surface area contributed by atoms with Crippen LogP contribution < -0.4 is 14.2 Å². The number of aryl methyl sites for hydroxylation is 2. The largest absolute Gasteiger partial charge is 0.478 e. The number of aromatic nitrogens is 4. The van der Waals surface area contributed by atoms with E-state index in [9.17, 15) is 9.59 Å². The molecule has 0 amide bonds. The van der Waals surface area contributed by atoms with Crippen LogP contribution in [0.4, 0.5) is 0 Å². The number of allylic oxidation sites excluding steroid dienone is 2. The minimum Gasteiger partial charge on any atom is -0.478 e. The number of Topliss-reactive ketones (excluding diaryl/α,β-unsaturated/α-hetero) is 2. The number of carbonyl (C=O) groups excluding carboxylic acids is 2. The maximum Gasteiger partial charge on any atom is 0.219 e. The molecular formula is C54H55ClN4O5. The van der Waals surface area contributed by atoms with E-state index in [2.05, 4.69) is 44.2 Å². The number of nitrogens with zero attached hydrogens (tertiary/aromatic N) is 4. The second kappa shape index (κ2) is 22.8. The maximum atomic E-state index is 12.6. The van der Waals surface area contributed by atoms with Gasteiger partial charge in [0, 0.05) is 67.0 Å². The van der Waals surface area contributed by atoms with Crippen LogP contribution >= 0.6 is 11.6 Å². The second-order valence-electron chi connectivity index (χ2n) is 16.6. The number of benzene rings is 2. The third kappa shape index (κ3) is 14.0. The van der Waals surface area contributed by atoms with Crippen molar-refractivity contribution in [1.82, 2.24) is 19.9 Å². The molecule has 0 unspecified atom stereocenters. The molecule has 2 aliphatic carbocycles. The highest BCUT2D eigenvalue weighted by Crippen LogP contribution is 2.35. The molecule has 6 aromatic rings. The van der Waals surface area contributed by atoms with E-state index in [-0.39, 0.29) is 11.6 Å². The van der Waals surface area contributed by atoms with Gasteiger partial charge < -0.3 is 14.2 Å². The first-order chi connectivity index (χ1) is 31.1. The Kier molecular flexibility index (Phi) is 16.2. The van der Waals surface area contributed by atoms with Crippen LogP contribution in [0.2, 0.25) is 5.15 Å². The number of ketones is 2. The summed E-state index contributed by atoms with van der Waals surface area (Å²) in [5.74, 6) is 4.46. The molecule has 2 fully saturated rings.